The number of furan rings is 2. The Labute approximate surface area is 395 Å². The second-order valence-corrected chi connectivity index (χ2v) is 16.9. The molecular formula is C64H44N2O2. The van der Waals surface area contributed by atoms with Crippen LogP contribution in [-0.2, 0) is 0 Å². The number of benzene rings is 10. The number of anilines is 6. The summed E-state index contributed by atoms with van der Waals surface area (Å²) in [5.74, 6) is 3.38. The van der Waals surface area contributed by atoms with E-state index >= 15 is 0 Å². The highest BCUT2D eigenvalue weighted by Crippen LogP contribution is 2.43. The summed E-state index contributed by atoms with van der Waals surface area (Å²) in [4.78, 5) is 4.69. The largest absolute Gasteiger partial charge is 0.456 e. The molecule has 0 saturated carbocycles. The quantitative estimate of drug-likeness (QED) is 0.130. The van der Waals surface area contributed by atoms with Gasteiger partial charge in [-0.2, -0.15) is 0 Å². The summed E-state index contributed by atoms with van der Waals surface area (Å²) >= 11 is 0. The Morgan fingerprint density at radius 2 is 0.485 bits per heavy atom. The molecule has 0 saturated heterocycles. The molecule has 0 aliphatic rings. The summed E-state index contributed by atoms with van der Waals surface area (Å²) < 4.78 is 12.7. The van der Waals surface area contributed by atoms with Crippen LogP contribution in [0.25, 0.3) is 78.0 Å². The van der Waals surface area contributed by atoms with Gasteiger partial charge in [-0.05, 0) is 131 Å². The van der Waals surface area contributed by atoms with Gasteiger partial charge in [0.25, 0.3) is 0 Å². The van der Waals surface area contributed by atoms with Crippen molar-refractivity contribution in [2.45, 2.75) is 0 Å². The number of hydrogen-bond acceptors (Lipinski definition) is 4. The van der Waals surface area contributed by atoms with Gasteiger partial charge in [-0.1, -0.05) is 158 Å². The molecule has 2 aromatic heterocycles. The Bertz CT molecular complexity index is 3390. The first-order chi connectivity index (χ1) is 33.7. The SMILES string of the molecule is c1ccc(-c2ccc(-c3ccc(N(c4ccc(-c5ccc(N(c6ccc(-c7ccc(-c8ccccc8)o7)cc6)c6cccc7ccccc67)cc5)cc4)c4cccc5ccccc45)cc3)o2)cc1. The lowest BCUT2D eigenvalue weighted by atomic mass is 10.0. The molecule has 0 amide bonds. The van der Waals surface area contributed by atoms with E-state index in [1.807, 2.05) is 60.7 Å². The van der Waals surface area contributed by atoms with Gasteiger partial charge in [0.2, 0.25) is 0 Å². The van der Waals surface area contributed by atoms with Gasteiger partial charge in [-0.3, -0.25) is 0 Å². The first-order valence-electron chi connectivity index (χ1n) is 23.0. The predicted octanol–water partition coefficient (Wildman–Crippen LogP) is 18.5. The third-order valence-electron chi connectivity index (χ3n) is 12.7. The number of nitrogens with zero attached hydrogens (tertiary/aromatic N) is 2. The molecule has 0 fully saturated rings. The standard InChI is InChI=1S/C64H44N2O2/c1-3-15-49(16-4-1)61-41-43-63(67-61)51-29-37-55(38-30-51)65(59-23-11-19-47-13-7-9-21-57(47)59)53-33-25-45(26-34-53)46-27-35-54(36-28-46)66(60-24-12-20-48-14-8-10-22-58(48)60)56-39-31-52(32-40-56)64-44-42-62(68-64)50-17-5-2-6-18-50/h1-44H. The van der Waals surface area contributed by atoms with E-state index in [2.05, 4.69) is 216 Å². The van der Waals surface area contributed by atoms with Crippen LogP contribution in [0.1, 0.15) is 0 Å². The van der Waals surface area contributed by atoms with Gasteiger partial charge in [0, 0.05) is 55.8 Å². The van der Waals surface area contributed by atoms with E-state index in [4.69, 9.17) is 8.83 Å². The van der Waals surface area contributed by atoms with E-state index in [9.17, 15) is 0 Å². The summed E-state index contributed by atoms with van der Waals surface area (Å²) in [6.07, 6.45) is 0. The molecule has 0 bridgehead atoms. The third kappa shape index (κ3) is 7.80. The van der Waals surface area contributed by atoms with Crippen molar-refractivity contribution in [3.05, 3.63) is 267 Å². The first kappa shape index (κ1) is 40.4. The van der Waals surface area contributed by atoms with Crippen LogP contribution in [0.15, 0.2) is 276 Å². The topological polar surface area (TPSA) is 32.8 Å². The molecule has 0 unspecified atom stereocenters. The Balaban J connectivity index is 0.864. The maximum atomic E-state index is 6.33. The van der Waals surface area contributed by atoms with Gasteiger partial charge in [0.1, 0.15) is 23.0 Å². The van der Waals surface area contributed by atoms with E-state index in [-0.39, 0.29) is 0 Å². The van der Waals surface area contributed by atoms with Crippen LogP contribution in [-0.4, -0.2) is 0 Å². The maximum absolute atomic E-state index is 6.33. The average Bonchev–Trinajstić information content (AvgIpc) is 4.13. The lowest BCUT2D eigenvalue weighted by Gasteiger charge is -2.27. The Morgan fingerprint density at radius 1 is 0.206 bits per heavy atom. The van der Waals surface area contributed by atoms with E-state index in [0.29, 0.717) is 0 Å². The molecule has 0 N–H and O–H groups in total. The van der Waals surface area contributed by atoms with Gasteiger partial charge in [0.15, 0.2) is 0 Å². The molecule has 2 heterocycles. The van der Waals surface area contributed by atoms with Crippen molar-refractivity contribution >= 4 is 55.7 Å². The van der Waals surface area contributed by atoms with Crippen molar-refractivity contribution in [3.63, 3.8) is 0 Å². The van der Waals surface area contributed by atoms with Crippen LogP contribution in [0.4, 0.5) is 34.1 Å². The van der Waals surface area contributed by atoms with Crippen molar-refractivity contribution in [2.75, 3.05) is 9.80 Å². The lowest BCUT2D eigenvalue weighted by molar-refractivity contribution is 0.597. The van der Waals surface area contributed by atoms with Crippen LogP contribution < -0.4 is 9.80 Å². The highest BCUT2D eigenvalue weighted by Gasteiger charge is 2.19. The molecule has 12 rings (SSSR count). The van der Waals surface area contributed by atoms with E-state index in [1.54, 1.807) is 0 Å². The highest BCUT2D eigenvalue weighted by atomic mass is 16.3. The first-order valence-corrected chi connectivity index (χ1v) is 23.0. The summed E-state index contributed by atoms with van der Waals surface area (Å²) in [5, 5.41) is 4.74. The highest BCUT2D eigenvalue weighted by molar-refractivity contribution is 6.00. The summed E-state index contributed by atoms with van der Waals surface area (Å²) in [6.45, 7) is 0. The average molecular weight is 873 g/mol. The van der Waals surface area contributed by atoms with Crippen LogP contribution in [0, 0.1) is 0 Å². The fourth-order valence-electron chi connectivity index (χ4n) is 9.32. The van der Waals surface area contributed by atoms with Crippen molar-refractivity contribution in [1.29, 1.82) is 0 Å². The molecular weight excluding hydrogens is 829 g/mol. The Kier molecular flexibility index (Phi) is 10.5. The number of fused-ring (bicyclic) bond motifs is 2. The fraction of sp³-hybridized carbons (Fsp3) is 0. The van der Waals surface area contributed by atoms with Crippen LogP contribution in [0.3, 0.4) is 0 Å². The van der Waals surface area contributed by atoms with Crippen molar-refractivity contribution < 1.29 is 8.83 Å². The fourth-order valence-corrected chi connectivity index (χ4v) is 9.32. The van der Waals surface area contributed by atoms with Crippen LogP contribution in [0.5, 0.6) is 0 Å². The van der Waals surface area contributed by atoms with Crippen molar-refractivity contribution in [1.82, 2.24) is 0 Å². The second kappa shape index (κ2) is 17.7. The number of hydrogen-bond donors (Lipinski definition) is 0. The zero-order valence-corrected chi connectivity index (χ0v) is 37.1. The van der Waals surface area contributed by atoms with Gasteiger partial charge < -0.3 is 18.6 Å². The van der Waals surface area contributed by atoms with E-state index < -0.39 is 0 Å². The van der Waals surface area contributed by atoms with Crippen molar-refractivity contribution in [2.24, 2.45) is 0 Å². The number of rotatable bonds is 11. The molecule has 0 aliphatic heterocycles. The molecule has 4 nitrogen and oxygen atoms in total. The molecule has 10 aromatic carbocycles. The van der Waals surface area contributed by atoms with Gasteiger partial charge >= 0.3 is 0 Å². The lowest BCUT2D eigenvalue weighted by Crippen LogP contribution is -2.10. The predicted molar refractivity (Wildman–Crippen MR) is 283 cm³/mol. The molecule has 322 valence electrons. The molecule has 0 atom stereocenters. The molecule has 0 radical (unpaired) electrons. The van der Waals surface area contributed by atoms with Crippen molar-refractivity contribution in [3.8, 4) is 56.4 Å². The minimum atomic E-state index is 0.837. The van der Waals surface area contributed by atoms with Crippen LogP contribution >= 0.6 is 0 Å². The van der Waals surface area contributed by atoms with E-state index in [0.717, 1.165) is 90.5 Å². The summed E-state index contributed by atoms with van der Waals surface area (Å²) in [5.41, 5.74) is 12.9. The maximum Gasteiger partial charge on any atom is 0.134 e. The molecule has 0 aliphatic carbocycles. The molecule has 68 heavy (non-hydrogen) atoms. The summed E-state index contributed by atoms with van der Waals surface area (Å²) in [6, 6.07) is 94.0. The van der Waals surface area contributed by atoms with Gasteiger partial charge in [-0.15, -0.1) is 0 Å². The Hall–Kier alpha value is -9.12. The zero-order chi connectivity index (χ0) is 45.2. The monoisotopic (exact) mass is 872 g/mol. The Morgan fingerprint density at radius 3 is 0.838 bits per heavy atom. The van der Waals surface area contributed by atoms with E-state index in [1.165, 1.54) is 21.5 Å². The normalized spacial score (nSPS) is 11.2. The zero-order valence-electron chi connectivity index (χ0n) is 37.1. The van der Waals surface area contributed by atoms with Crippen LogP contribution in [0.2, 0.25) is 0 Å². The second-order valence-electron chi connectivity index (χ2n) is 16.9. The molecule has 0 spiro atoms. The van der Waals surface area contributed by atoms with Gasteiger partial charge in [-0.25, -0.2) is 0 Å². The smallest absolute Gasteiger partial charge is 0.134 e. The molecule has 4 heteroatoms. The summed E-state index contributed by atoms with van der Waals surface area (Å²) in [7, 11) is 0. The third-order valence-corrected chi connectivity index (χ3v) is 12.7. The molecule has 12 aromatic rings. The van der Waals surface area contributed by atoms with Gasteiger partial charge in [0.05, 0.1) is 11.4 Å². The minimum Gasteiger partial charge on any atom is -0.456 e. The minimum absolute atomic E-state index is 0.837.